The van der Waals surface area contributed by atoms with Gasteiger partial charge in [-0.3, -0.25) is 14.4 Å². The van der Waals surface area contributed by atoms with Gasteiger partial charge in [0.25, 0.3) is 0 Å². The molecule has 3 aromatic rings. The summed E-state index contributed by atoms with van der Waals surface area (Å²) in [5.41, 5.74) is 2.72. The van der Waals surface area contributed by atoms with Crippen LogP contribution in [0.3, 0.4) is 0 Å². The number of hydrogen-bond donors (Lipinski definition) is 1. The molecule has 4 rings (SSSR count). The van der Waals surface area contributed by atoms with Crippen molar-refractivity contribution in [1.29, 1.82) is 0 Å². The molecule has 0 saturated carbocycles. The standard InChI is InChI=1S/C21H20FN5O2/c1-12-25-26-21-17(11-19(28)23-2)24-20(13-5-4-6-14(22)9-13)16-10-15(29-3)7-8-18(16)27(12)21/h4-10,17H,11H2,1-3H3,(H,23,28)/t17-/m0/s1. The van der Waals surface area contributed by atoms with Gasteiger partial charge in [0.15, 0.2) is 5.82 Å². The molecular weight excluding hydrogens is 373 g/mol. The Morgan fingerprint density at radius 3 is 2.79 bits per heavy atom. The predicted molar refractivity (Wildman–Crippen MR) is 106 cm³/mol. The molecule has 1 aliphatic rings. The molecule has 148 valence electrons. The second-order valence-corrected chi connectivity index (χ2v) is 6.71. The number of hydrogen-bond acceptors (Lipinski definition) is 5. The smallest absolute Gasteiger partial charge is 0.222 e. The number of halogens is 1. The Balaban J connectivity index is 2.01. The summed E-state index contributed by atoms with van der Waals surface area (Å²) < 4.78 is 21.3. The maximum absolute atomic E-state index is 14.0. The van der Waals surface area contributed by atoms with Crippen LogP contribution in [0.1, 0.15) is 35.2 Å². The highest BCUT2D eigenvalue weighted by molar-refractivity contribution is 6.15. The van der Waals surface area contributed by atoms with Gasteiger partial charge in [0, 0.05) is 18.2 Å². The zero-order valence-corrected chi connectivity index (χ0v) is 16.3. The van der Waals surface area contributed by atoms with Crippen molar-refractivity contribution < 1.29 is 13.9 Å². The topological polar surface area (TPSA) is 81.4 Å². The van der Waals surface area contributed by atoms with E-state index in [2.05, 4.69) is 15.5 Å². The van der Waals surface area contributed by atoms with Gasteiger partial charge in [-0.15, -0.1) is 10.2 Å². The number of ether oxygens (including phenoxy) is 1. The van der Waals surface area contributed by atoms with E-state index < -0.39 is 6.04 Å². The second kappa shape index (κ2) is 7.46. The lowest BCUT2D eigenvalue weighted by Gasteiger charge is -2.14. The quantitative estimate of drug-likeness (QED) is 0.739. The van der Waals surface area contributed by atoms with Crippen LogP contribution in [-0.2, 0) is 4.79 Å². The Labute approximate surface area is 167 Å². The number of benzene rings is 2. The van der Waals surface area contributed by atoms with Gasteiger partial charge >= 0.3 is 0 Å². The van der Waals surface area contributed by atoms with Crippen molar-refractivity contribution in [1.82, 2.24) is 20.1 Å². The Kier molecular flexibility index (Phi) is 4.84. The highest BCUT2D eigenvalue weighted by atomic mass is 19.1. The van der Waals surface area contributed by atoms with E-state index >= 15 is 0 Å². The molecule has 1 N–H and O–H groups in total. The van der Waals surface area contributed by atoms with Crippen LogP contribution in [-0.4, -0.2) is 40.5 Å². The molecule has 2 aromatic carbocycles. The molecule has 29 heavy (non-hydrogen) atoms. The normalized spacial score (nSPS) is 15.0. The summed E-state index contributed by atoms with van der Waals surface area (Å²) in [7, 11) is 3.16. The number of aryl methyl sites for hydroxylation is 1. The Hall–Kier alpha value is -3.55. The Morgan fingerprint density at radius 1 is 1.24 bits per heavy atom. The average Bonchev–Trinajstić information content (AvgIpc) is 3.05. The average molecular weight is 393 g/mol. The van der Waals surface area contributed by atoms with E-state index in [9.17, 15) is 9.18 Å². The molecule has 8 heteroatoms. The number of rotatable bonds is 4. The van der Waals surface area contributed by atoms with Crippen LogP contribution in [0.5, 0.6) is 5.75 Å². The summed E-state index contributed by atoms with van der Waals surface area (Å²) in [5.74, 6) is 1.34. The molecule has 0 fully saturated rings. The van der Waals surface area contributed by atoms with Gasteiger partial charge in [-0.25, -0.2) is 4.39 Å². The van der Waals surface area contributed by atoms with E-state index in [0.717, 1.165) is 11.3 Å². The number of carbonyl (C=O) groups is 1. The first-order valence-corrected chi connectivity index (χ1v) is 9.17. The van der Waals surface area contributed by atoms with Gasteiger partial charge in [-0.05, 0) is 37.3 Å². The molecule has 1 amide bonds. The second-order valence-electron chi connectivity index (χ2n) is 6.71. The fourth-order valence-corrected chi connectivity index (χ4v) is 3.48. The number of amides is 1. The molecular formula is C21H20FN5O2. The van der Waals surface area contributed by atoms with Gasteiger partial charge < -0.3 is 10.1 Å². The highest BCUT2D eigenvalue weighted by Crippen LogP contribution is 2.34. The molecule has 0 unspecified atom stereocenters. The van der Waals surface area contributed by atoms with Crippen molar-refractivity contribution in [3.63, 3.8) is 0 Å². The number of fused-ring (bicyclic) bond motifs is 3. The van der Waals surface area contributed by atoms with Gasteiger partial charge in [0.05, 0.1) is 24.9 Å². The molecule has 1 atom stereocenters. The van der Waals surface area contributed by atoms with Crippen LogP contribution >= 0.6 is 0 Å². The number of aromatic nitrogens is 3. The predicted octanol–water partition coefficient (Wildman–Crippen LogP) is 2.75. The third-order valence-electron chi connectivity index (χ3n) is 4.89. The fraction of sp³-hybridized carbons (Fsp3) is 0.238. The van der Waals surface area contributed by atoms with E-state index in [1.54, 1.807) is 26.3 Å². The molecule has 0 spiro atoms. The Bertz CT molecular complexity index is 1120. The van der Waals surface area contributed by atoms with Crippen LogP contribution in [0, 0.1) is 12.7 Å². The van der Waals surface area contributed by atoms with Crippen molar-refractivity contribution in [2.75, 3.05) is 14.2 Å². The van der Waals surface area contributed by atoms with Crippen LogP contribution in [0.15, 0.2) is 47.5 Å². The largest absolute Gasteiger partial charge is 0.497 e. The van der Waals surface area contributed by atoms with Crippen molar-refractivity contribution in [3.8, 4) is 11.4 Å². The van der Waals surface area contributed by atoms with E-state index in [1.165, 1.54) is 12.1 Å². The first-order valence-electron chi connectivity index (χ1n) is 9.17. The third-order valence-corrected chi connectivity index (χ3v) is 4.89. The number of nitrogens with one attached hydrogen (secondary N) is 1. The molecule has 1 aliphatic heterocycles. The summed E-state index contributed by atoms with van der Waals surface area (Å²) in [4.78, 5) is 17.0. The minimum atomic E-state index is -0.576. The molecule has 0 aliphatic carbocycles. The summed E-state index contributed by atoms with van der Waals surface area (Å²) in [6.07, 6.45) is 0.0958. The molecule has 0 saturated heterocycles. The molecule has 2 heterocycles. The first kappa shape index (κ1) is 18.8. The van der Waals surface area contributed by atoms with Gasteiger partial charge in [-0.1, -0.05) is 12.1 Å². The third kappa shape index (κ3) is 3.37. The molecule has 0 bridgehead atoms. The lowest BCUT2D eigenvalue weighted by atomic mass is 9.99. The maximum atomic E-state index is 14.0. The van der Waals surface area contributed by atoms with E-state index in [0.29, 0.717) is 28.7 Å². The van der Waals surface area contributed by atoms with Crippen LogP contribution < -0.4 is 10.1 Å². The van der Waals surface area contributed by atoms with Crippen molar-refractivity contribution >= 4 is 11.6 Å². The summed E-state index contributed by atoms with van der Waals surface area (Å²) >= 11 is 0. The zero-order valence-electron chi connectivity index (χ0n) is 16.3. The minimum absolute atomic E-state index is 0.0958. The van der Waals surface area contributed by atoms with Crippen molar-refractivity contribution in [3.05, 3.63) is 71.1 Å². The molecule has 0 radical (unpaired) electrons. The van der Waals surface area contributed by atoms with Crippen LogP contribution in [0.2, 0.25) is 0 Å². The van der Waals surface area contributed by atoms with E-state index in [-0.39, 0.29) is 18.1 Å². The van der Waals surface area contributed by atoms with Crippen LogP contribution in [0.4, 0.5) is 4.39 Å². The SMILES string of the molecule is CNC(=O)C[C@@H]1N=C(c2cccc(F)c2)c2cc(OC)ccc2-n2c(C)nnc21. The van der Waals surface area contributed by atoms with Gasteiger partial charge in [0.2, 0.25) is 5.91 Å². The summed E-state index contributed by atoms with van der Waals surface area (Å²) in [6.45, 7) is 1.84. The van der Waals surface area contributed by atoms with Crippen molar-refractivity contribution in [2.24, 2.45) is 4.99 Å². The highest BCUT2D eigenvalue weighted by Gasteiger charge is 2.29. The van der Waals surface area contributed by atoms with Gasteiger partial charge in [0.1, 0.15) is 23.4 Å². The first-order chi connectivity index (χ1) is 14.0. The van der Waals surface area contributed by atoms with Crippen molar-refractivity contribution in [2.45, 2.75) is 19.4 Å². The number of nitrogens with zero attached hydrogens (tertiary/aromatic N) is 4. The summed E-state index contributed by atoms with van der Waals surface area (Å²) in [5, 5.41) is 11.1. The number of aliphatic imine (C=N–C) groups is 1. The van der Waals surface area contributed by atoms with E-state index in [4.69, 9.17) is 9.73 Å². The number of methoxy groups -OCH3 is 1. The van der Waals surface area contributed by atoms with Crippen LogP contribution in [0.25, 0.3) is 5.69 Å². The lowest BCUT2D eigenvalue weighted by Crippen LogP contribution is -2.21. The molecule has 7 nitrogen and oxygen atoms in total. The molecule has 1 aromatic heterocycles. The maximum Gasteiger partial charge on any atom is 0.222 e. The summed E-state index contributed by atoms with van der Waals surface area (Å²) in [6, 6.07) is 11.2. The van der Waals surface area contributed by atoms with Gasteiger partial charge in [-0.2, -0.15) is 0 Å². The fourth-order valence-electron chi connectivity index (χ4n) is 3.48. The minimum Gasteiger partial charge on any atom is -0.497 e. The van der Waals surface area contributed by atoms with E-state index in [1.807, 2.05) is 29.7 Å². The monoisotopic (exact) mass is 393 g/mol. The zero-order chi connectivity index (χ0) is 20.5. The lowest BCUT2D eigenvalue weighted by molar-refractivity contribution is -0.121. The Morgan fingerprint density at radius 2 is 2.07 bits per heavy atom. The number of carbonyl (C=O) groups excluding carboxylic acids is 1.